The normalized spacial score (nSPS) is 15.9. The molecule has 1 atom stereocenters. The van der Waals surface area contributed by atoms with Crippen LogP contribution in [0.4, 0.5) is 5.69 Å². The Labute approximate surface area is 245 Å². The molecule has 1 fully saturated rings. The van der Waals surface area contributed by atoms with Crippen molar-refractivity contribution in [2.24, 2.45) is 0 Å². The van der Waals surface area contributed by atoms with Crippen molar-refractivity contribution >= 4 is 50.7 Å². The van der Waals surface area contributed by atoms with E-state index in [0.29, 0.717) is 46.0 Å². The molecule has 40 heavy (non-hydrogen) atoms. The van der Waals surface area contributed by atoms with Crippen molar-refractivity contribution in [3.05, 3.63) is 52.0 Å². The lowest BCUT2D eigenvalue weighted by Gasteiger charge is -2.30. The van der Waals surface area contributed by atoms with Crippen LogP contribution in [-0.2, 0) is 26.2 Å². The van der Waals surface area contributed by atoms with E-state index in [1.165, 1.54) is 9.21 Å². The Hall–Kier alpha value is -2.69. The van der Waals surface area contributed by atoms with Crippen LogP contribution in [0.5, 0.6) is 11.5 Å². The summed E-state index contributed by atoms with van der Waals surface area (Å²) in [7, 11) is -3.65. The molecule has 1 saturated carbocycles. The van der Waals surface area contributed by atoms with Gasteiger partial charge in [0, 0.05) is 41.7 Å². The minimum atomic E-state index is -3.65. The molecule has 1 aliphatic heterocycles. The summed E-state index contributed by atoms with van der Waals surface area (Å²) >= 11 is 12.5. The number of fused-ring (bicyclic) bond motifs is 1. The van der Waals surface area contributed by atoms with Crippen LogP contribution in [0.2, 0.25) is 10.0 Å². The summed E-state index contributed by atoms with van der Waals surface area (Å²) in [6.07, 6.45) is 5.39. The van der Waals surface area contributed by atoms with Gasteiger partial charge in [-0.2, -0.15) is 0 Å². The fourth-order valence-electron chi connectivity index (χ4n) is 5.00. The first-order valence-electron chi connectivity index (χ1n) is 13.4. The Balaban J connectivity index is 1.47. The Morgan fingerprint density at radius 2 is 1.75 bits per heavy atom. The number of hydrogen-bond acceptors (Lipinski definition) is 6. The van der Waals surface area contributed by atoms with E-state index < -0.39 is 16.1 Å². The molecule has 2 aliphatic rings. The van der Waals surface area contributed by atoms with Gasteiger partial charge in [0.25, 0.3) is 0 Å². The summed E-state index contributed by atoms with van der Waals surface area (Å²) in [6.45, 7) is 2.70. The number of carbonyl (C=O) groups is 2. The van der Waals surface area contributed by atoms with Crippen LogP contribution >= 0.6 is 23.2 Å². The third-order valence-electron chi connectivity index (χ3n) is 7.19. The molecule has 1 aliphatic carbocycles. The van der Waals surface area contributed by atoms with Crippen LogP contribution in [0, 0.1) is 0 Å². The Morgan fingerprint density at radius 3 is 2.42 bits per heavy atom. The first-order valence-corrected chi connectivity index (χ1v) is 16.0. The van der Waals surface area contributed by atoms with Gasteiger partial charge in [-0.15, -0.1) is 0 Å². The zero-order valence-corrected chi connectivity index (χ0v) is 25.0. The molecule has 12 heteroatoms. The third kappa shape index (κ3) is 7.73. The van der Waals surface area contributed by atoms with Gasteiger partial charge in [-0.3, -0.25) is 13.9 Å². The molecule has 1 heterocycles. The van der Waals surface area contributed by atoms with Crippen molar-refractivity contribution in [1.82, 2.24) is 10.2 Å². The van der Waals surface area contributed by atoms with Crippen LogP contribution in [0.1, 0.15) is 51.0 Å². The van der Waals surface area contributed by atoms with Crippen molar-refractivity contribution in [3.8, 4) is 11.5 Å². The minimum Gasteiger partial charge on any atom is -0.486 e. The molecule has 0 aromatic heterocycles. The zero-order valence-electron chi connectivity index (χ0n) is 22.7. The summed E-state index contributed by atoms with van der Waals surface area (Å²) in [5.41, 5.74) is 1.09. The number of hydrogen-bond donors (Lipinski definition) is 1. The highest BCUT2D eigenvalue weighted by Gasteiger charge is 2.29. The Bertz CT molecular complexity index is 1330. The molecule has 2 amide bonds. The average molecular weight is 613 g/mol. The summed E-state index contributed by atoms with van der Waals surface area (Å²) in [5, 5.41) is 3.94. The topological polar surface area (TPSA) is 105 Å². The van der Waals surface area contributed by atoms with E-state index >= 15 is 0 Å². The molecule has 9 nitrogen and oxygen atoms in total. The molecule has 1 N–H and O–H groups in total. The molecular weight excluding hydrogens is 577 g/mol. The van der Waals surface area contributed by atoms with Gasteiger partial charge in [-0.25, -0.2) is 8.42 Å². The van der Waals surface area contributed by atoms with Crippen LogP contribution in [0.25, 0.3) is 0 Å². The number of rotatable bonds is 11. The smallest absolute Gasteiger partial charge is 0.242 e. The lowest BCUT2D eigenvalue weighted by molar-refractivity contribution is -0.140. The lowest BCUT2D eigenvalue weighted by atomic mass is 10.1. The maximum absolute atomic E-state index is 13.5. The van der Waals surface area contributed by atoms with Gasteiger partial charge in [0.15, 0.2) is 11.5 Å². The molecule has 0 spiro atoms. The number of benzene rings is 2. The second kappa shape index (κ2) is 13.3. The number of carbonyl (C=O) groups excluding carboxylic acids is 2. The summed E-state index contributed by atoms with van der Waals surface area (Å²) < 4.78 is 37.7. The molecule has 0 radical (unpaired) electrons. The van der Waals surface area contributed by atoms with Crippen LogP contribution < -0.4 is 19.1 Å². The summed E-state index contributed by atoms with van der Waals surface area (Å²) in [6, 6.07) is 9.34. The number of ether oxygens (including phenoxy) is 2. The van der Waals surface area contributed by atoms with Gasteiger partial charge in [0.05, 0.1) is 11.9 Å². The number of nitrogens with one attached hydrogen (secondary N) is 1. The summed E-state index contributed by atoms with van der Waals surface area (Å²) in [5.74, 6) is 0.525. The fraction of sp³-hybridized carbons (Fsp3) is 0.500. The van der Waals surface area contributed by atoms with E-state index in [9.17, 15) is 18.0 Å². The monoisotopic (exact) mass is 611 g/mol. The molecular formula is C28H35Cl2N3O6S. The van der Waals surface area contributed by atoms with E-state index in [4.69, 9.17) is 32.7 Å². The van der Waals surface area contributed by atoms with Crippen LogP contribution in [-0.4, -0.2) is 63.2 Å². The number of halogens is 2. The Morgan fingerprint density at radius 1 is 1.05 bits per heavy atom. The molecule has 218 valence electrons. The van der Waals surface area contributed by atoms with Crippen molar-refractivity contribution in [3.63, 3.8) is 0 Å². The molecule has 4 rings (SSSR count). The van der Waals surface area contributed by atoms with Crippen molar-refractivity contribution < 1.29 is 27.5 Å². The highest BCUT2D eigenvalue weighted by molar-refractivity contribution is 7.92. The standard InChI is InChI=1S/C28H35Cl2N3O6S/c1-19(28(35)31-22-6-3-4-7-22)32(18-20-9-10-21(29)16-24(20)30)27(34)8-5-13-33(40(2,36)37)23-11-12-25-26(17-23)39-15-14-38-25/h9-12,16-17,19,22H,3-8,13-15,18H2,1-2H3,(H,31,35). The first-order chi connectivity index (χ1) is 19.0. The van der Waals surface area contributed by atoms with E-state index in [1.54, 1.807) is 43.3 Å². The van der Waals surface area contributed by atoms with E-state index in [-0.39, 0.29) is 43.8 Å². The lowest BCUT2D eigenvalue weighted by Crippen LogP contribution is -2.49. The maximum atomic E-state index is 13.5. The van der Waals surface area contributed by atoms with Crippen molar-refractivity contribution in [2.45, 2.75) is 64.1 Å². The highest BCUT2D eigenvalue weighted by atomic mass is 35.5. The van der Waals surface area contributed by atoms with Gasteiger partial charge in [0.1, 0.15) is 19.3 Å². The molecule has 0 saturated heterocycles. The SMILES string of the molecule is CC(C(=O)NC1CCCC1)N(Cc1ccc(Cl)cc1Cl)C(=O)CCCN(c1ccc2c(c1)OCCO2)S(C)(=O)=O. The fourth-order valence-corrected chi connectivity index (χ4v) is 6.42. The zero-order chi connectivity index (χ0) is 28.9. The van der Waals surface area contributed by atoms with E-state index in [1.807, 2.05) is 0 Å². The van der Waals surface area contributed by atoms with Gasteiger partial charge in [-0.05, 0) is 56.0 Å². The number of anilines is 1. The Kier molecular flexibility index (Phi) is 10.1. The van der Waals surface area contributed by atoms with Crippen LogP contribution in [0.3, 0.4) is 0 Å². The van der Waals surface area contributed by atoms with Crippen molar-refractivity contribution in [2.75, 3.05) is 30.3 Å². The van der Waals surface area contributed by atoms with Gasteiger partial charge in [-0.1, -0.05) is 42.1 Å². The second-order valence-corrected chi connectivity index (χ2v) is 12.9. The van der Waals surface area contributed by atoms with Gasteiger partial charge < -0.3 is 19.7 Å². The second-order valence-electron chi connectivity index (χ2n) is 10.2. The number of nitrogens with zero attached hydrogens (tertiary/aromatic N) is 2. The number of amides is 2. The quantitative estimate of drug-likeness (QED) is 0.392. The first kappa shape index (κ1) is 30.3. The van der Waals surface area contributed by atoms with Gasteiger partial charge in [0.2, 0.25) is 21.8 Å². The maximum Gasteiger partial charge on any atom is 0.242 e. The molecule has 0 bridgehead atoms. The van der Waals surface area contributed by atoms with Gasteiger partial charge >= 0.3 is 0 Å². The molecule has 1 unspecified atom stereocenters. The number of sulfonamides is 1. The molecule has 2 aromatic carbocycles. The largest absolute Gasteiger partial charge is 0.486 e. The minimum absolute atomic E-state index is 0.0306. The predicted octanol–water partition coefficient (Wildman–Crippen LogP) is 4.79. The van der Waals surface area contributed by atoms with Crippen LogP contribution in [0.15, 0.2) is 36.4 Å². The van der Waals surface area contributed by atoms with Crippen molar-refractivity contribution in [1.29, 1.82) is 0 Å². The third-order valence-corrected chi connectivity index (χ3v) is 8.97. The van der Waals surface area contributed by atoms with E-state index in [0.717, 1.165) is 31.9 Å². The van der Waals surface area contributed by atoms with E-state index in [2.05, 4.69) is 5.32 Å². The average Bonchev–Trinajstić information content (AvgIpc) is 3.42. The predicted molar refractivity (Wildman–Crippen MR) is 156 cm³/mol. The summed E-state index contributed by atoms with van der Waals surface area (Å²) in [4.78, 5) is 28.2. The molecule has 2 aromatic rings. The highest BCUT2D eigenvalue weighted by Crippen LogP contribution is 2.35.